The van der Waals surface area contributed by atoms with Crippen molar-refractivity contribution < 1.29 is 18.3 Å². The van der Waals surface area contributed by atoms with Gasteiger partial charge < -0.3 is 4.74 Å². The van der Waals surface area contributed by atoms with E-state index in [0.717, 1.165) is 0 Å². The molecule has 0 heterocycles. The highest BCUT2D eigenvalue weighted by molar-refractivity contribution is 9.10. The molecule has 1 rings (SSSR count). The minimum Gasteiger partial charge on any atom is -0.434 e. The highest BCUT2D eigenvalue weighted by atomic mass is 79.9. The lowest BCUT2D eigenvalue weighted by Gasteiger charge is -2.10. The van der Waals surface area contributed by atoms with Gasteiger partial charge in [0, 0.05) is 5.56 Å². The largest absolute Gasteiger partial charge is 0.434 e. The van der Waals surface area contributed by atoms with Gasteiger partial charge in [-0.3, -0.25) is 4.79 Å². The Balaban J connectivity index is 3.13. The summed E-state index contributed by atoms with van der Waals surface area (Å²) in [5.41, 5.74) is 1.10. The molecule has 0 amide bonds. The van der Waals surface area contributed by atoms with Gasteiger partial charge in [0.1, 0.15) is 5.75 Å². The molecular weight excluding hydrogens is 270 g/mol. The first-order chi connectivity index (χ1) is 6.91. The van der Waals surface area contributed by atoms with Crippen molar-refractivity contribution >= 4 is 21.7 Å². The molecule has 2 nitrogen and oxygen atoms in total. The standard InChI is InChI=1S/C10H9BrF2O2/c1-5-3-9(15-10(12)13)8(11)4-7(5)6(2)14/h3-4,10H,1-2H3. The van der Waals surface area contributed by atoms with Crippen LogP contribution < -0.4 is 4.74 Å². The van der Waals surface area contributed by atoms with Gasteiger partial charge in [-0.1, -0.05) is 0 Å². The smallest absolute Gasteiger partial charge is 0.387 e. The van der Waals surface area contributed by atoms with E-state index in [1.54, 1.807) is 6.92 Å². The van der Waals surface area contributed by atoms with Gasteiger partial charge in [-0.05, 0) is 47.5 Å². The zero-order valence-electron chi connectivity index (χ0n) is 8.18. The summed E-state index contributed by atoms with van der Waals surface area (Å²) in [6.07, 6.45) is 0. The lowest BCUT2D eigenvalue weighted by molar-refractivity contribution is -0.0503. The monoisotopic (exact) mass is 278 g/mol. The second-order valence-corrected chi connectivity index (χ2v) is 3.89. The molecule has 0 fully saturated rings. The molecule has 0 spiro atoms. The lowest BCUT2D eigenvalue weighted by atomic mass is 10.1. The van der Waals surface area contributed by atoms with Crippen LogP contribution in [0.2, 0.25) is 0 Å². The van der Waals surface area contributed by atoms with E-state index in [1.165, 1.54) is 19.1 Å². The summed E-state index contributed by atoms with van der Waals surface area (Å²) in [5, 5.41) is 0. The van der Waals surface area contributed by atoms with Crippen LogP contribution >= 0.6 is 15.9 Å². The molecule has 0 aromatic heterocycles. The number of aryl methyl sites for hydroxylation is 1. The molecule has 0 aliphatic heterocycles. The SMILES string of the molecule is CC(=O)c1cc(Br)c(OC(F)F)cc1C. The Hall–Kier alpha value is -0.970. The number of carbonyl (C=O) groups is 1. The Morgan fingerprint density at radius 1 is 1.47 bits per heavy atom. The third-order valence-electron chi connectivity index (χ3n) is 1.87. The molecule has 1 aromatic carbocycles. The molecular formula is C10H9BrF2O2. The van der Waals surface area contributed by atoms with Crippen molar-refractivity contribution in [1.29, 1.82) is 0 Å². The summed E-state index contributed by atoms with van der Waals surface area (Å²) < 4.78 is 28.6. The number of ketones is 1. The van der Waals surface area contributed by atoms with Crippen LogP contribution in [0.15, 0.2) is 16.6 Å². The maximum absolute atomic E-state index is 12.0. The first-order valence-corrected chi connectivity index (χ1v) is 4.97. The highest BCUT2D eigenvalue weighted by Gasteiger charge is 2.12. The van der Waals surface area contributed by atoms with Crippen molar-refractivity contribution in [2.75, 3.05) is 0 Å². The van der Waals surface area contributed by atoms with Crippen LogP contribution in [0, 0.1) is 6.92 Å². The van der Waals surface area contributed by atoms with E-state index in [9.17, 15) is 13.6 Å². The Labute approximate surface area is 94.4 Å². The fourth-order valence-corrected chi connectivity index (χ4v) is 1.66. The zero-order chi connectivity index (χ0) is 11.6. The van der Waals surface area contributed by atoms with Crippen molar-refractivity contribution in [1.82, 2.24) is 0 Å². The van der Waals surface area contributed by atoms with Crippen LogP contribution in [0.5, 0.6) is 5.75 Å². The van der Waals surface area contributed by atoms with Crippen LogP contribution in [-0.2, 0) is 0 Å². The molecule has 0 radical (unpaired) electrons. The molecule has 1 aromatic rings. The number of halogens is 3. The average molecular weight is 279 g/mol. The summed E-state index contributed by atoms with van der Waals surface area (Å²) in [4.78, 5) is 11.1. The van der Waals surface area contributed by atoms with Crippen molar-refractivity contribution in [2.24, 2.45) is 0 Å². The van der Waals surface area contributed by atoms with E-state index in [-0.39, 0.29) is 11.5 Å². The summed E-state index contributed by atoms with van der Waals surface area (Å²) in [5.74, 6) is -0.0794. The molecule has 0 atom stereocenters. The Kier molecular flexibility index (Phi) is 3.79. The van der Waals surface area contributed by atoms with Crippen molar-refractivity contribution in [3.63, 3.8) is 0 Å². The summed E-state index contributed by atoms with van der Waals surface area (Å²) in [7, 11) is 0. The maximum Gasteiger partial charge on any atom is 0.387 e. The second kappa shape index (κ2) is 4.70. The third-order valence-corrected chi connectivity index (χ3v) is 2.49. The van der Waals surface area contributed by atoms with Gasteiger partial charge >= 0.3 is 6.61 Å². The topological polar surface area (TPSA) is 26.3 Å². The average Bonchev–Trinajstić information content (AvgIpc) is 2.09. The molecule has 82 valence electrons. The Bertz CT molecular complexity index is 391. The van der Waals surface area contributed by atoms with Gasteiger partial charge in [0.2, 0.25) is 0 Å². The number of ether oxygens (including phenoxy) is 1. The van der Waals surface area contributed by atoms with Gasteiger partial charge in [-0.15, -0.1) is 0 Å². The normalized spacial score (nSPS) is 10.5. The first kappa shape index (κ1) is 12.1. The van der Waals surface area contributed by atoms with Crippen molar-refractivity contribution in [3.8, 4) is 5.75 Å². The number of rotatable bonds is 3. The van der Waals surface area contributed by atoms with E-state index >= 15 is 0 Å². The predicted octanol–water partition coefficient (Wildman–Crippen LogP) is 3.56. The van der Waals surface area contributed by atoms with Gasteiger partial charge in [-0.25, -0.2) is 0 Å². The number of alkyl halides is 2. The van der Waals surface area contributed by atoms with Crippen molar-refractivity contribution in [3.05, 3.63) is 27.7 Å². The fourth-order valence-electron chi connectivity index (χ4n) is 1.22. The Morgan fingerprint density at radius 2 is 2.07 bits per heavy atom. The minimum absolute atomic E-state index is 0.0347. The molecule has 0 aliphatic rings. The molecule has 0 saturated heterocycles. The van der Waals surface area contributed by atoms with E-state index in [4.69, 9.17) is 0 Å². The number of hydrogen-bond acceptors (Lipinski definition) is 2. The van der Waals surface area contributed by atoms with Gasteiger partial charge in [-0.2, -0.15) is 8.78 Å². The molecule has 0 aliphatic carbocycles. The summed E-state index contributed by atoms with van der Waals surface area (Å²) in [6, 6.07) is 2.89. The molecule has 15 heavy (non-hydrogen) atoms. The van der Waals surface area contributed by atoms with E-state index in [1.807, 2.05) is 0 Å². The van der Waals surface area contributed by atoms with Crippen LogP contribution in [0.4, 0.5) is 8.78 Å². The van der Waals surface area contributed by atoms with Crippen LogP contribution in [0.3, 0.4) is 0 Å². The predicted molar refractivity (Wildman–Crippen MR) is 55.5 cm³/mol. The number of benzene rings is 1. The van der Waals surface area contributed by atoms with E-state index in [2.05, 4.69) is 20.7 Å². The highest BCUT2D eigenvalue weighted by Crippen LogP contribution is 2.29. The Morgan fingerprint density at radius 3 is 2.53 bits per heavy atom. The lowest BCUT2D eigenvalue weighted by Crippen LogP contribution is -2.04. The molecule has 5 heteroatoms. The van der Waals surface area contributed by atoms with Gasteiger partial charge in [0.05, 0.1) is 4.47 Å². The minimum atomic E-state index is -2.87. The van der Waals surface area contributed by atoms with E-state index < -0.39 is 6.61 Å². The third kappa shape index (κ3) is 2.99. The summed E-state index contributed by atoms with van der Waals surface area (Å²) >= 11 is 3.07. The van der Waals surface area contributed by atoms with Crippen LogP contribution in [0.25, 0.3) is 0 Å². The maximum atomic E-state index is 12.0. The number of hydrogen-bond donors (Lipinski definition) is 0. The molecule has 0 saturated carbocycles. The van der Waals surface area contributed by atoms with Crippen LogP contribution in [-0.4, -0.2) is 12.4 Å². The first-order valence-electron chi connectivity index (χ1n) is 4.17. The van der Waals surface area contributed by atoms with Gasteiger partial charge in [0.15, 0.2) is 5.78 Å². The summed E-state index contributed by atoms with van der Waals surface area (Å²) in [6.45, 7) is 0.216. The molecule has 0 unspecified atom stereocenters. The van der Waals surface area contributed by atoms with Crippen LogP contribution in [0.1, 0.15) is 22.8 Å². The van der Waals surface area contributed by atoms with Crippen molar-refractivity contribution in [2.45, 2.75) is 20.5 Å². The number of Topliss-reactive ketones (excluding diaryl/α,β-unsaturated/α-hetero) is 1. The second-order valence-electron chi connectivity index (χ2n) is 3.03. The molecule has 0 bridgehead atoms. The zero-order valence-corrected chi connectivity index (χ0v) is 9.77. The fraction of sp³-hybridized carbons (Fsp3) is 0.300. The number of carbonyl (C=O) groups excluding carboxylic acids is 1. The quantitative estimate of drug-likeness (QED) is 0.791. The van der Waals surface area contributed by atoms with Gasteiger partial charge in [0.25, 0.3) is 0 Å². The van der Waals surface area contributed by atoms with E-state index in [0.29, 0.717) is 15.6 Å². The molecule has 0 N–H and O–H groups in total.